The van der Waals surface area contributed by atoms with E-state index < -0.39 is 0 Å². The van der Waals surface area contributed by atoms with E-state index in [1.165, 1.54) is 11.6 Å². The van der Waals surface area contributed by atoms with Crippen molar-refractivity contribution >= 4 is 28.4 Å². The summed E-state index contributed by atoms with van der Waals surface area (Å²) in [5.74, 6) is 0.823. The van der Waals surface area contributed by atoms with Crippen LogP contribution in [0.15, 0.2) is 54.7 Å². The summed E-state index contributed by atoms with van der Waals surface area (Å²) in [5, 5.41) is 4.81. The van der Waals surface area contributed by atoms with Crippen molar-refractivity contribution in [1.82, 2.24) is 10.3 Å². The van der Waals surface area contributed by atoms with Gasteiger partial charge >= 0.3 is 0 Å². The van der Waals surface area contributed by atoms with E-state index in [0.29, 0.717) is 22.4 Å². The van der Waals surface area contributed by atoms with Crippen molar-refractivity contribution in [2.45, 2.75) is 56.4 Å². The molecule has 0 aliphatic heterocycles. The standard InChI is InChI=1S/C26H26ClFN2O/c27-20-3-1-2-19(14-20)25(31)30-26(11-12-26)16-17-4-6-18(7-5-17)22-10-13-29-24-9-8-21(28)15-23(22)24/h1-3,8-10,13-15,17-18H,4-7,11-12,16H2,(H,30,31). The van der Waals surface area contributed by atoms with Crippen molar-refractivity contribution < 1.29 is 9.18 Å². The van der Waals surface area contributed by atoms with Crippen LogP contribution in [-0.2, 0) is 0 Å². The Kier molecular flexibility index (Phi) is 5.43. The van der Waals surface area contributed by atoms with Crippen molar-refractivity contribution in [1.29, 1.82) is 0 Å². The van der Waals surface area contributed by atoms with Crippen LogP contribution < -0.4 is 5.32 Å². The highest BCUT2D eigenvalue weighted by molar-refractivity contribution is 6.30. The third-order valence-electron chi connectivity index (χ3n) is 7.02. The number of halogens is 2. The van der Waals surface area contributed by atoms with Crippen LogP contribution in [-0.4, -0.2) is 16.4 Å². The molecule has 3 nitrogen and oxygen atoms in total. The fourth-order valence-electron chi connectivity index (χ4n) is 5.20. The minimum Gasteiger partial charge on any atom is -0.347 e. The van der Waals surface area contributed by atoms with E-state index in [2.05, 4.69) is 16.4 Å². The Morgan fingerprint density at radius 1 is 1.10 bits per heavy atom. The van der Waals surface area contributed by atoms with E-state index in [1.807, 2.05) is 18.3 Å². The summed E-state index contributed by atoms with van der Waals surface area (Å²) in [7, 11) is 0. The van der Waals surface area contributed by atoms with Crippen molar-refractivity contribution in [3.8, 4) is 0 Å². The number of hydrogen-bond acceptors (Lipinski definition) is 2. The van der Waals surface area contributed by atoms with Crippen LogP contribution in [0.3, 0.4) is 0 Å². The maximum absolute atomic E-state index is 13.8. The minimum atomic E-state index is -0.207. The number of nitrogens with one attached hydrogen (secondary N) is 1. The summed E-state index contributed by atoms with van der Waals surface area (Å²) in [6.45, 7) is 0. The molecule has 1 aromatic heterocycles. The number of carbonyl (C=O) groups is 1. The van der Waals surface area contributed by atoms with Crippen molar-refractivity contribution in [3.05, 3.63) is 76.7 Å². The summed E-state index contributed by atoms with van der Waals surface area (Å²) in [6.07, 6.45) is 9.44. The van der Waals surface area contributed by atoms with Crippen LogP contribution in [0.4, 0.5) is 4.39 Å². The second-order valence-corrected chi connectivity index (χ2v) is 9.66. The first kappa shape index (κ1) is 20.4. The molecule has 0 spiro atoms. The van der Waals surface area contributed by atoms with Gasteiger partial charge in [-0.25, -0.2) is 4.39 Å². The molecule has 0 bridgehead atoms. The van der Waals surface area contributed by atoms with Crippen molar-refractivity contribution in [2.24, 2.45) is 5.92 Å². The van der Waals surface area contributed by atoms with E-state index in [-0.39, 0.29) is 17.3 Å². The highest BCUT2D eigenvalue weighted by Crippen LogP contribution is 2.47. The van der Waals surface area contributed by atoms with Crippen molar-refractivity contribution in [2.75, 3.05) is 0 Å². The molecule has 2 aliphatic carbocycles. The minimum absolute atomic E-state index is 0.0287. The molecule has 0 unspecified atom stereocenters. The molecule has 3 aromatic rings. The zero-order valence-corrected chi connectivity index (χ0v) is 18.2. The largest absolute Gasteiger partial charge is 0.347 e. The molecule has 0 saturated heterocycles. The van der Waals surface area contributed by atoms with Gasteiger partial charge in [0, 0.05) is 27.7 Å². The molecule has 1 amide bonds. The monoisotopic (exact) mass is 436 g/mol. The van der Waals surface area contributed by atoms with Gasteiger partial charge in [-0.2, -0.15) is 0 Å². The van der Waals surface area contributed by atoms with Crippen LogP contribution in [0.2, 0.25) is 5.02 Å². The fraction of sp³-hybridized carbons (Fsp3) is 0.385. The molecule has 31 heavy (non-hydrogen) atoms. The lowest BCUT2D eigenvalue weighted by Crippen LogP contribution is -2.38. The smallest absolute Gasteiger partial charge is 0.251 e. The highest BCUT2D eigenvalue weighted by Gasteiger charge is 2.45. The number of hydrogen-bond donors (Lipinski definition) is 1. The van der Waals surface area contributed by atoms with Gasteiger partial charge in [-0.05, 0) is 105 Å². The Hall–Kier alpha value is -2.46. The maximum atomic E-state index is 13.8. The van der Waals surface area contributed by atoms with Gasteiger partial charge in [-0.3, -0.25) is 9.78 Å². The first-order chi connectivity index (χ1) is 15.0. The Balaban J connectivity index is 1.22. The van der Waals surface area contributed by atoms with E-state index in [1.54, 1.807) is 24.3 Å². The number of aromatic nitrogens is 1. The maximum Gasteiger partial charge on any atom is 0.251 e. The topological polar surface area (TPSA) is 42.0 Å². The van der Waals surface area contributed by atoms with E-state index in [0.717, 1.165) is 55.8 Å². The summed E-state index contributed by atoms with van der Waals surface area (Å²) in [6, 6.07) is 14.0. The molecule has 160 valence electrons. The second kappa shape index (κ2) is 8.23. The van der Waals surface area contributed by atoms with Gasteiger partial charge in [-0.15, -0.1) is 0 Å². The highest BCUT2D eigenvalue weighted by atomic mass is 35.5. The Labute approximate surface area is 187 Å². The predicted molar refractivity (Wildman–Crippen MR) is 122 cm³/mol. The molecule has 2 aromatic carbocycles. The van der Waals surface area contributed by atoms with Crippen LogP contribution >= 0.6 is 11.6 Å². The zero-order valence-electron chi connectivity index (χ0n) is 17.4. The number of carbonyl (C=O) groups excluding carboxylic acids is 1. The first-order valence-corrected chi connectivity index (χ1v) is 11.5. The third kappa shape index (κ3) is 4.45. The Bertz CT molecular complexity index is 1120. The number of rotatable bonds is 5. The molecule has 2 saturated carbocycles. The lowest BCUT2D eigenvalue weighted by Gasteiger charge is -2.32. The molecule has 1 N–H and O–H groups in total. The second-order valence-electron chi connectivity index (χ2n) is 9.23. The van der Waals surface area contributed by atoms with Gasteiger partial charge in [0.15, 0.2) is 0 Å². The zero-order chi connectivity index (χ0) is 21.4. The molecular weight excluding hydrogens is 411 g/mol. The Morgan fingerprint density at radius 2 is 1.90 bits per heavy atom. The molecule has 5 rings (SSSR count). The van der Waals surface area contributed by atoms with Gasteiger partial charge in [-0.1, -0.05) is 17.7 Å². The fourth-order valence-corrected chi connectivity index (χ4v) is 5.39. The quantitative estimate of drug-likeness (QED) is 0.486. The summed E-state index contributed by atoms with van der Waals surface area (Å²) in [5.41, 5.74) is 2.66. The van der Waals surface area contributed by atoms with Crippen molar-refractivity contribution in [3.63, 3.8) is 0 Å². The molecule has 5 heteroatoms. The van der Waals surface area contributed by atoms with E-state index in [9.17, 15) is 9.18 Å². The lowest BCUT2D eigenvalue weighted by atomic mass is 9.75. The van der Waals surface area contributed by atoms with Crippen LogP contribution in [0.25, 0.3) is 10.9 Å². The number of pyridine rings is 1. The SMILES string of the molecule is O=C(NC1(CC2CCC(c3ccnc4ccc(F)cc34)CC2)CC1)c1cccc(Cl)c1. The summed E-state index contributed by atoms with van der Waals surface area (Å²) in [4.78, 5) is 17.1. The lowest BCUT2D eigenvalue weighted by molar-refractivity contribution is 0.0921. The van der Waals surface area contributed by atoms with Crippen LogP contribution in [0.1, 0.15) is 66.8 Å². The molecule has 0 atom stereocenters. The predicted octanol–water partition coefficient (Wildman–Crippen LogP) is 6.65. The first-order valence-electron chi connectivity index (χ1n) is 11.1. The number of nitrogens with zero attached hydrogens (tertiary/aromatic N) is 1. The average Bonchev–Trinajstić information content (AvgIpc) is 3.52. The van der Waals surface area contributed by atoms with Gasteiger partial charge < -0.3 is 5.32 Å². The summed E-state index contributed by atoms with van der Waals surface area (Å²) >= 11 is 6.04. The number of fused-ring (bicyclic) bond motifs is 1. The summed E-state index contributed by atoms with van der Waals surface area (Å²) < 4.78 is 13.8. The average molecular weight is 437 g/mol. The van der Waals surface area contributed by atoms with Gasteiger partial charge in [0.2, 0.25) is 0 Å². The molecule has 2 aliphatic rings. The number of amides is 1. The Morgan fingerprint density at radius 3 is 2.65 bits per heavy atom. The normalized spacial score (nSPS) is 22.3. The van der Waals surface area contributed by atoms with Crippen LogP contribution in [0, 0.1) is 11.7 Å². The number of benzene rings is 2. The van der Waals surface area contributed by atoms with Gasteiger partial charge in [0.05, 0.1) is 5.52 Å². The van der Waals surface area contributed by atoms with Crippen LogP contribution in [0.5, 0.6) is 0 Å². The molecule has 1 heterocycles. The van der Waals surface area contributed by atoms with E-state index in [4.69, 9.17) is 11.6 Å². The third-order valence-corrected chi connectivity index (χ3v) is 7.26. The van der Waals surface area contributed by atoms with Gasteiger partial charge in [0.25, 0.3) is 5.91 Å². The van der Waals surface area contributed by atoms with Gasteiger partial charge in [0.1, 0.15) is 5.82 Å². The molecule has 2 fully saturated rings. The molecular formula is C26H26ClFN2O. The molecule has 0 radical (unpaired) electrons. The van der Waals surface area contributed by atoms with E-state index >= 15 is 0 Å².